The van der Waals surface area contributed by atoms with E-state index in [1.54, 1.807) is 19.1 Å². The molecule has 4 rings (SSSR count). The number of hydrogen-bond donors (Lipinski definition) is 2. The number of carbonyl (C=O) groups is 1. The van der Waals surface area contributed by atoms with Gasteiger partial charge in [0.25, 0.3) is 11.5 Å². The molecule has 2 aromatic rings. The van der Waals surface area contributed by atoms with E-state index in [9.17, 15) is 9.59 Å². The topological polar surface area (TPSA) is 74.8 Å². The van der Waals surface area contributed by atoms with Crippen LogP contribution in [-0.2, 0) is 0 Å². The van der Waals surface area contributed by atoms with Crippen LogP contribution < -0.4 is 10.9 Å². The minimum atomic E-state index is -0.230. The molecule has 2 bridgehead atoms. The van der Waals surface area contributed by atoms with Crippen molar-refractivity contribution in [3.05, 3.63) is 50.4 Å². The second-order valence-corrected chi connectivity index (χ2v) is 8.84. The molecule has 2 fully saturated rings. The first-order valence-corrected chi connectivity index (χ1v) is 10.4. The Labute approximate surface area is 169 Å². The molecule has 0 spiro atoms. The summed E-state index contributed by atoms with van der Waals surface area (Å²) in [5.74, 6) is 1.99. The molecule has 1 heterocycles. The highest BCUT2D eigenvalue weighted by Gasteiger charge is 2.42. The fraction of sp³-hybridized carbons (Fsp3) is 0.500. The summed E-state index contributed by atoms with van der Waals surface area (Å²) >= 11 is 6.35. The summed E-state index contributed by atoms with van der Waals surface area (Å²) in [7, 11) is 0. The number of halogens is 1. The summed E-state index contributed by atoms with van der Waals surface area (Å²) in [6.07, 6.45) is 5.17. The first kappa shape index (κ1) is 19.2. The minimum absolute atomic E-state index is 0.132. The van der Waals surface area contributed by atoms with E-state index < -0.39 is 0 Å². The lowest BCUT2D eigenvalue weighted by Gasteiger charge is -2.28. The van der Waals surface area contributed by atoms with Crippen LogP contribution >= 0.6 is 11.6 Å². The van der Waals surface area contributed by atoms with Gasteiger partial charge in [0, 0.05) is 17.2 Å². The van der Waals surface area contributed by atoms with Crippen LogP contribution in [0, 0.1) is 31.6 Å². The second kappa shape index (κ2) is 7.36. The number of nitrogens with one attached hydrogen (secondary N) is 2. The number of carbonyl (C=O) groups excluding carboxylic acids is 1. The molecular weight excluding hydrogens is 374 g/mol. The Morgan fingerprint density at radius 2 is 2.07 bits per heavy atom. The number of aromatic amines is 1. The Bertz CT molecular complexity index is 984. The Morgan fingerprint density at radius 3 is 2.75 bits per heavy atom. The monoisotopic (exact) mass is 399 g/mol. The molecular formula is C22H26ClN3O2. The van der Waals surface area contributed by atoms with Gasteiger partial charge in [0.2, 0.25) is 0 Å². The highest BCUT2D eigenvalue weighted by Crippen LogP contribution is 2.49. The normalized spacial score (nSPS) is 24.4. The molecule has 2 saturated carbocycles. The Hall–Kier alpha value is -2.14. The number of H-pyrrole nitrogens is 1. The summed E-state index contributed by atoms with van der Waals surface area (Å²) in [4.78, 5) is 25.0. The van der Waals surface area contributed by atoms with Crippen LogP contribution in [0.3, 0.4) is 0 Å². The maximum absolute atomic E-state index is 13.0. The summed E-state index contributed by atoms with van der Waals surface area (Å²) in [6, 6.07) is 5.44. The van der Waals surface area contributed by atoms with Crippen molar-refractivity contribution in [2.24, 2.45) is 17.8 Å². The lowest BCUT2D eigenvalue weighted by Crippen LogP contribution is -2.40. The van der Waals surface area contributed by atoms with Gasteiger partial charge in [-0.1, -0.05) is 24.1 Å². The maximum atomic E-state index is 13.0. The molecule has 0 unspecified atom stereocenters. The largest absolute Gasteiger partial charge is 0.349 e. The van der Waals surface area contributed by atoms with E-state index in [1.165, 1.54) is 25.7 Å². The van der Waals surface area contributed by atoms with Crippen molar-refractivity contribution in [2.75, 3.05) is 0 Å². The number of rotatable bonds is 4. The van der Waals surface area contributed by atoms with Gasteiger partial charge in [-0.15, -0.1) is 0 Å². The molecule has 28 heavy (non-hydrogen) atoms. The van der Waals surface area contributed by atoms with Gasteiger partial charge in [-0.3, -0.25) is 9.59 Å². The summed E-state index contributed by atoms with van der Waals surface area (Å²) in [6.45, 7) is 5.70. The van der Waals surface area contributed by atoms with Crippen molar-refractivity contribution < 1.29 is 4.79 Å². The van der Waals surface area contributed by atoms with E-state index in [0.717, 1.165) is 23.0 Å². The van der Waals surface area contributed by atoms with Crippen LogP contribution in [0.2, 0.25) is 5.02 Å². The van der Waals surface area contributed by atoms with Crippen LogP contribution in [0.5, 0.6) is 0 Å². The van der Waals surface area contributed by atoms with Gasteiger partial charge in [-0.05, 0) is 75.5 Å². The van der Waals surface area contributed by atoms with Crippen LogP contribution in [0.4, 0.5) is 0 Å². The molecule has 6 heteroatoms. The predicted molar refractivity (Wildman–Crippen MR) is 111 cm³/mol. The Balaban J connectivity index is 1.60. The first-order valence-electron chi connectivity index (χ1n) is 10.0. The van der Waals surface area contributed by atoms with E-state index in [4.69, 9.17) is 11.6 Å². The highest BCUT2D eigenvalue weighted by molar-refractivity contribution is 6.34. The Kier molecular flexibility index (Phi) is 5.04. The number of fused-ring (bicyclic) bond motifs is 2. The molecule has 1 aromatic carbocycles. The summed E-state index contributed by atoms with van der Waals surface area (Å²) in [5, 5.41) is 10.1. The molecule has 0 saturated heterocycles. The van der Waals surface area contributed by atoms with Gasteiger partial charge in [-0.2, -0.15) is 5.10 Å². The van der Waals surface area contributed by atoms with E-state index in [1.807, 2.05) is 13.0 Å². The molecule has 148 valence electrons. The van der Waals surface area contributed by atoms with Crippen molar-refractivity contribution in [1.29, 1.82) is 0 Å². The smallest absolute Gasteiger partial charge is 0.267 e. The van der Waals surface area contributed by atoms with Crippen molar-refractivity contribution in [2.45, 2.75) is 52.5 Å². The van der Waals surface area contributed by atoms with Crippen molar-refractivity contribution >= 4 is 17.5 Å². The molecule has 2 aliphatic carbocycles. The zero-order valence-corrected chi connectivity index (χ0v) is 17.3. The summed E-state index contributed by atoms with van der Waals surface area (Å²) in [5.41, 5.74) is 3.02. The quantitative estimate of drug-likeness (QED) is 0.806. The van der Waals surface area contributed by atoms with Crippen molar-refractivity contribution in [3.63, 3.8) is 0 Å². The molecule has 0 aliphatic heterocycles. The third kappa shape index (κ3) is 3.37. The van der Waals surface area contributed by atoms with Gasteiger partial charge in [0.15, 0.2) is 0 Å². The average molecular weight is 400 g/mol. The lowest BCUT2D eigenvalue weighted by atomic mass is 9.84. The van der Waals surface area contributed by atoms with E-state index in [2.05, 4.69) is 22.4 Å². The standard InChI is InChI=1S/C22H26ClN3O2/c1-11-20(13(3)25-26-21(11)27)16-6-7-19(23)18(10-16)22(28)24-12(2)17-9-14-4-5-15(17)8-14/h6-7,10,12,14-15,17H,4-5,8-9H2,1-3H3,(H,24,28)(H,26,27)/t12-,14-,15-,17-/m0/s1. The minimum Gasteiger partial charge on any atom is -0.349 e. The number of aromatic nitrogens is 2. The molecule has 1 amide bonds. The van der Waals surface area contributed by atoms with Crippen molar-refractivity contribution in [3.8, 4) is 11.1 Å². The van der Waals surface area contributed by atoms with Crippen LogP contribution in [0.1, 0.15) is 54.2 Å². The maximum Gasteiger partial charge on any atom is 0.267 e. The fourth-order valence-electron chi connectivity index (χ4n) is 5.24. The molecule has 2 N–H and O–H groups in total. The van der Waals surface area contributed by atoms with Gasteiger partial charge >= 0.3 is 0 Å². The van der Waals surface area contributed by atoms with E-state index in [0.29, 0.717) is 27.8 Å². The average Bonchev–Trinajstić information content (AvgIpc) is 3.29. The molecule has 5 nitrogen and oxygen atoms in total. The molecule has 2 aliphatic rings. The number of benzene rings is 1. The summed E-state index contributed by atoms with van der Waals surface area (Å²) < 4.78 is 0. The van der Waals surface area contributed by atoms with Gasteiger partial charge in [0.1, 0.15) is 0 Å². The van der Waals surface area contributed by atoms with Crippen LogP contribution in [0.15, 0.2) is 23.0 Å². The number of aryl methyl sites for hydroxylation is 1. The second-order valence-electron chi connectivity index (χ2n) is 8.43. The van der Waals surface area contributed by atoms with Crippen LogP contribution in [-0.4, -0.2) is 22.1 Å². The van der Waals surface area contributed by atoms with E-state index >= 15 is 0 Å². The van der Waals surface area contributed by atoms with Crippen LogP contribution in [0.25, 0.3) is 11.1 Å². The number of nitrogens with zero attached hydrogens (tertiary/aromatic N) is 1. The fourth-order valence-corrected chi connectivity index (χ4v) is 5.44. The molecule has 4 atom stereocenters. The lowest BCUT2D eigenvalue weighted by molar-refractivity contribution is 0.0915. The van der Waals surface area contributed by atoms with Crippen molar-refractivity contribution in [1.82, 2.24) is 15.5 Å². The molecule has 1 aromatic heterocycles. The zero-order chi connectivity index (χ0) is 20.0. The number of hydrogen-bond acceptors (Lipinski definition) is 3. The number of amides is 1. The highest BCUT2D eigenvalue weighted by atomic mass is 35.5. The first-order chi connectivity index (χ1) is 13.3. The Morgan fingerprint density at radius 1 is 1.29 bits per heavy atom. The molecule has 0 radical (unpaired) electrons. The SMILES string of the molecule is Cc1n[nH]c(=O)c(C)c1-c1ccc(Cl)c(C(=O)N[C@@H](C)[C@@H]2C[C@H]3CC[C@H]2C3)c1. The van der Waals surface area contributed by atoms with Gasteiger partial charge in [0.05, 0.1) is 16.3 Å². The van der Waals surface area contributed by atoms with Gasteiger partial charge < -0.3 is 5.32 Å². The van der Waals surface area contributed by atoms with E-state index in [-0.39, 0.29) is 17.5 Å². The third-order valence-electron chi connectivity index (χ3n) is 6.70. The zero-order valence-electron chi connectivity index (χ0n) is 16.5. The third-order valence-corrected chi connectivity index (χ3v) is 7.03. The van der Waals surface area contributed by atoms with Gasteiger partial charge in [-0.25, -0.2) is 5.10 Å². The predicted octanol–water partition coefficient (Wildman–Crippen LogP) is 4.26.